The van der Waals surface area contributed by atoms with Crippen LogP contribution in [-0.2, 0) is 0 Å². The van der Waals surface area contributed by atoms with Crippen molar-refractivity contribution in [2.75, 3.05) is 7.11 Å². The number of rotatable bonds is 7. The highest BCUT2D eigenvalue weighted by Gasteiger charge is 2.26. The molecule has 3 heteroatoms. The lowest BCUT2D eigenvalue weighted by Crippen LogP contribution is -2.25. The zero-order chi connectivity index (χ0) is 14.4. The van der Waals surface area contributed by atoms with Crippen LogP contribution in [0.5, 0.6) is 11.5 Å². The van der Waals surface area contributed by atoms with Gasteiger partial charge in [0.1, 0.15) is 17.6 Å². The summed E-state index contributed by atoms with van der Waals surface area (Å²) >= 11 is 0. The molecule has 2 atom stereocenters. The molecule has 0 aliphatic carbocycles. The first-order valence-electron chi connectivity index (χ1n) is 7.77. The van der Waals surface area contributed by atoms with Crippen molar-refractivity contribution in [3.8, 4) is 11.5 Å². The number of methoxy groups -OCH3 is 1. The van der Waals surface area contributed by atoms with Gasteiger partial charge in [0.05, 0.1) is 13.2 Å². The largest absolute Gasteiger partial charge is 0.497 e. The third kappa shape index (κ3) is 3.89. The minimum Gasteiger partial charge on any atom is -0.497 e. The van der Waals surface area contributed by atoms with Gasteiger partial charge in [0, 0.05) is 18.1 Å². The Bertz CT molecular complexity index is 417. The van der Waals surface area contributed by atoms with Crippen LogP contribution in [0.1, 0.15) is 63.5 Å². The summed E-state index contributed by atoms with van der Waals surface area (Å²) in [6.07, 6.45) is 7.77. The number of aliphatic hydroxyl groups is 1. The van der Waals surface area contributed by atoms with Crippen molar-refractivity contribution >= 4 is 0 Å². The first-order chi connectivity index (χ1) is 9.74. The fourth-order valence-electron chi connectivity index (χ4n) is 2.78. The summed E-state index contributed by atoms with van der Waals surface area (Å²) in [5.74, 6) is 1.56. The average molecular weight is 278 g/mol. The molecule has 1 aliphatic rings. The normalized spacial score (nSPS) is 21.1. The van der Waals surface area contributed by atoms with Crippen molar-refractivity contribution in [3.63, 3.8) is 0 Å². The van der Waals surface area contributed by atoms with E-state index < -0.39 is 6.10 Å². The van der Waals surface area contributed by atoms with Crippen LogP contribution in [0.3, 0.4) is 0 Å². The minimum absolute atomic E-state index is 0.131. The highest BCUT2D eigenvalue weighted by Crippen LogP contribution is 2.38. The molecule has 0 radical (unpaired) electrons. The van der Waals surface area contributed by atoms with E-state index in [0.717, 1.165) is 23.5 Å². The Hall–Kier alpha value is -1.22. The van der Waals surface area contributed by atoms with Crippen LogP contribution in [-0.4, -0.2) is 18.3 Å². The van der Waals surface area contributed by atoms with E-state index in [4.69, 9.17) is 9.47 Å². The third-order valence-corrected chi connectivity index (χ3v) is 3.99. The molecule has 0 aromatic heterocycles. The topological polar surface area (TPSA) is 38.7 Å². The first kappa shape index (κ1) is 15.2. The summed E-state index contributed by atoms with van der Waals surface area (Å²) < 4.78 is 11.2. The molecule has 0 unspecified atom stereocenters. The van der Waals surface area contributed by atoms with Gasteiger partial charge in [0.2, 0.25) is 0 Å². The smallest absolute Gasteiger partial charge is 0.129 e. The fourth-order valence-corrected chi connectivity index (χ4v) is 2.78. The number of benzene rings is 1. The molecule has 3 nitrogen and oxygen atoms in total. The van der Waals surface area contributed by atoms with Crippen LogP contribution in [0.15, 0.2) is 18.2 Å². The van der Waals surface area contributed by atoms with Crippen molar-refractivity contribution in [1.29, 1.82) is 0 Å². The van der Waals surface area contributed by atoms with Crippen molar-refractivity contribution in [3.05, 3.63) is 23.8 Å². The van der Waals surface area contributed by atoms with Crippen LogP contribution in [0.25, 0.3) is 0 Å². The maximum atomic E-state index is 10.2. The fraction of sp³-hybridized carbons (Fsp3) is 0.647. The van der Waals surface area contributed by atoms with E-state index in [1.54, 1.807) is 7.11 Å². The van der Waals surface area contributed by atoms with E-state index in [1.165, 1.54) is 32.1 Å². The van der Waals surface area contributed by atoms with E-state index >= 15 is 0 Å². The number of ether oxygens (including phenoxy) is 2. The number of hydrogen-bond donors (Lipinski definition) is 1. The lowest BCUT2D eigenvalue weighted by molar-refractivity contribution is 0.0602. The Kier molecular flexibility index (Phi) is 5.72. The molecule has 1 aromatic rings. The molecule has 0 saturated carbocycles. The summed E-state index contributed by atoms with van der Waals surface area (Å²) in [5.41, 5.74) is 0.882. The highest BCUT2D eigenvalue weighted by molar-refractivity contribution is 5.43. The van der Waals surface area contributed by atoms with Crippen LogP contribution >= 0.6 is 0 Å². The maximum absolute atomic E-state index is 10.2. The zero-order valence-electron chi connectivity index (χ0n) is 12.6. The van der Waals surface area contributed by atoms with Crippen LogP contribution in [0.2, 0.25) is 0 Å². The molecule has 0 saturated heterocycles. The second kappa shape index (κ2) is 7.53. The summed E-state index contributed by atoms with van der Waals surface area (Å²) in [6, 6.07) is 5.65. The molecule has 1 aromatic carbocycles. The zero-order valence-corrected chi connectivity index (χ0v) is 12.6. The number of fused-ring (bicyclic) bond motifs is 1. The van der Waals surface area contributed by atoms with Gasteiger partial charge in [-0.3, -0.25) is 0 Å². The van der Waals surface area contributed by atoms with Gasteiger partial charge in [-0.25, -0.2) is 0 Å². The number of unbranched alkanes of at least 4 members (excludes halogenated alkanes) is 4. The van der Waals surface area contributed by atoms with Gasteiger partial charge in [-0.15, -0.1) is 0 Å². The van der Waals surface area contributed by atoms with Crippen molar-refractivity contribution in [2.24, 2.45) is 0 Å². The molecule has 1 aliphatic heterocycles. The molecule has 0 fully saturated rings. The Morgan fingerprint density at radius 1 is 1.25 bits per heavy atom. The third-order valence-electron chi connectivity index (χ3n) is 3.99. The molecule has 0 bridgehead atoms. The molecule has 112 valence electrons. The van der Waals surface area contributed by atoms with Gasteiger partial charge in [-0.1, -0.05) is 32.6 Å². The molecule has 0 amide bonds. The monoisotopic (exact) mass is 278 g/mol. The maximum Gasteiger partial charge on any atom is 0.129 e. The van der Waals surface area contributed by atoms with Crippen molar-refractivity contribution in [1.82, 2.24) is 0 Å². The summed E-state index contributed by atoms with van der Waals surface area (Å²) in [4.78, 5) is 0. The predicted molar refractivity (Wildman–Crippen MR) is 80.4 cm³/mol. The second-order valence-electron chi connectivity index (χ2n) is 5.60. The quantitative estimate of drug-likeness (QED) is 0.758. The molecule has 1 N–H and O–H groups in total. The molecule has 2 rings (SSSR count). The number of hydrogen-bond acceptors (Lipinski definition) is 3. The summed E-state index contributed by atoms with van der Waals surface area (Å²) in [7, 11) is 1.65. The molecule has 1 heterocycles. The Balaban J connectivity index is 1.89. The van der Waals surface area contributed by atoms with Crippen LogP contribution in [0, 0.1) is 0 Å². The highest BCUT2D eigenvalue weighted by atomic mass is 16.5. The SMILES string of the molecule is CCCCCCC[C@@H]1C[C@H](O)c2ccc(OC)cc2O1. The summed E-state index contributed by atoms with van der Waals surface area (Å²) in [5, 5.41) is 10.2. The van der Waals surface area contributed by atoms with E-state index in [9.17, 15) is 5.11 Å². The van der Waals surface area contributed by atoms with Gasteiger partial charge in [0.25, 0.3) is 0 Å². The molecule has 0 spiro atoms. The van der Waals surface area contributed by atoms with Gasteiger partial charge in [0.15, 0.2) is 0 Å². The van der Waals surface area contributed by atoms with Gasteiger partial charge in [-0.2, -0.15) is 0 Å². The Morgan fingerprint density at radius 3 is 2.80 bits per heavy atom. The van der Waals surface area contributed by atoms with Crippen LogP contribution < -0.4 is 9.47 Å². The van der Waals surface area contributed by atoms with Gasteiger partial charge in [-0.05, 0) is 25.0 Å². The number of aliphatic hydroxyl groups excluding tert-OH is 1. The van der Waals surface area contributed by atoms with Gasteiger partial charge < -0.3 is 14.6 Å². The molecular formula is C17H26O3. The standard InChI is InChI=1S/C17H26O3/c1-3-4-5-6-7-8-14-11-16(18)15-10-9-13(19-2)12-17(15)20-14/h9-10,12,14,16,18H,3-8,11H2,1-2H3/t14-,16+/m1/s1. The Morgan fingerprint density at radius 2 is 2.05 bits per heavy atom. The molecule has 20 heavy (non-hydrogen) atoms. The summed E-state index contributed by atoms with van der Waals surface area (Å²) in [6.45, 7) is 2.23. The minimum atomic E-state index is -0.412. The first-order valence-corrected chi connectivity index (χ1v) is 7.77. The predicted octanol–water partition coefficient (Wildman–Crippen LogP) is 4.24. The van der Waals surface area contributed by atoms with E-state index in [-0.39, 0.29) is 6.10 Å². The van der Waals surface area contributed by atoms with Crippen LogP contribution in [0.4, 0.5) is 0 Å². The van der Waals surface area contributed by atoms with E-state index in [1.807, 2.05) is 18.2 Å². The lowest BCUT2D eigenvalue weighted by Gasteiger charge is -2.30. The van der Waals surface area contributed by atoms with E-state index in [0.29, 0.717) is 6.42 Å². The van der Waals surface area contributed by atoms with E-state index in [2.05, 4.69) is 6.92 Å². The van der Waals surface area contributed by atoms with Crippen molar-refractivity contribution < 1.29 is 14.6 Å². The van der Waals surface area contributed by atoms with Crippen molar-refractivity contribution in [2.45, 2.75) is 64.1 Å². The Labute approximate surface area is 121 Å². The van der Waals surface area contributed by atoms with Gasteiger partial charge >= 0.3 is 0 Å². The average Bonchev–Trinajstić information content (AvgIpc) is 2.46. The lowest BCUT2D eigenvalue weighted by atomic mass is 9.96. The second-order valence-corrected chi connectivity index (χ2v) is 5.60. The molecular weight excluding hydrogens is 252 g/mol.